The number of hydrogen-bond acceptors (Lipinski definition) is 5. The topological polar surface area (TPSA) is 69.0 Å². The van der Waals surface area contributed by atoms with Crippen molar-refractivity contribution in [3.05, 3.63) is 90.2 Å². The van der Waals surface area contributed by atoms with Gasteiger partial charge in [-0.15, -0.1) is 10.2 Å². The molecule has 1 unspecified atom stereocenters. The summed E-state index contributed by atoms with van der Waals surface area (Å²) < 4.78 is 21.7. The minimum Gasteiger partial charge on any atom is -0.497 e. The lowest BCUT2D eigenvalue weighted by atomic mass is 10.1. The first kappa shape index (κ1) is 22.2. The Morgan fingerprint density at radius 3 is 2.41 bits per heavy atom. The van der Waals surface area contributed by atoms with E-state index in [1.54, 1.807) is 49.6 Å². The minimum atomic E-state index is -0.571. The van der Waals surface area contributed by atoms with E-state index >= 15 is 0 Å². The molecule has 0 radical (unpaired) electrons. The van der Waals surface area contributed by atoms with Crippen LogP contribution in [0.2, 0.25) is 0 Å². The molecule has 1 saturated carbocycles. The van der Waals surface area contributed by atoms with Crippen molar-refractivity contribution in [1.29, 1.82) is 0 Å². The second-order valence-corrected chi connectivity index (χ2v) is 9.09. The normalized spacial score (nSPS) is 13.9. The lowest BCUT2D eigenvalue weighted by molar-refractivity contribution is -0.115. The maximum absolute atomic E-state index is 14.5. The summed E-state index contributed by atoms with van der Waals surface area (Å²) in [5.41, 5.74) is 1.92. The Morgan fingerprint density at radius 1 is 1.03 bits per heavy atom. The van der Waals surface area contributed by atoms with Crippen LogP contribution < -0.4 is 10.1 Å². The molecule has 1 aliphatic carbocycles. The van der Waals surface area contributed by atoms with E-state index in [-0.39, 0.29) is 17.8 Å². The second kappa shape index (κ2) is 9.69. The van der Waals surface area contributed by atoms with Gasteiger partial charge in [0.2, 0.25) is 5.91 Å². The van der Waals surface area contributed by atoms with Crippen LogP contribution in [-0.4, -0.2) is 27.8 Å². The first-order chi connectivity index (χ1) is 16.6. The van der Waals surface area contributed by atoms with Crippen molar-refractivity contribution in [2.75, 3.05) is 12.4 Å². The standard InChI is InChI=1S/C26H23FN4O2S/c1-33-20-15-11-18(12-16-20)28-25(32)23(17-7-3-2-4-8-17)34-26-30-29-24(31(26)19-13-14-19)21-9-5-6-10-22(21)27/h2-12,15-16,19,23H,13-14H2,1H3,(H,28,32). The zero-order chi connectivity index (χ0) is 23.5. The third kappa shape index (κ3) is 4.68. The molecule has 172 valence electrons. The lowest BCUT2D eigenvalue weighted by Gasteiger charge is -2.18. The summed E-state index contributed by atoms with van der Waals surface area (Å²) in [4.78, 5) is 13.4. The van der Waals surface area contributed by atoms with Crippen molar-refractivity contribution in [3.63, 3.8) is 0 Å². The van der Waals surface area contributed by atoms with E-state index in [1.165, 1.54) is 17.8 Å². The lowest BCUT2D eigenvalue weighted by Crippen LogP contribution is -2.19. The molecule has 1 heterocycles. The highest BCUT2D eigenvalue weighted by Gasteiger charge is 2.33. The summed E-state index contributed by atoms with van der Waals surface area (Å²) in [6.07, 6.45) is 1.95. The molecule has 0 spiro atoms. The molecule has 0 aliphatic heterocycles. The summed E-state index contributed by atoms with van der Waals surface area (Å²) in [5.74, 6) is 0.681. The molecule has 4 aromatic rings. The molecular formula is C26H23FN4O2S. The fourth-order valence-electron chi connectivity index (χ4n) is 3.73. The van der Waals surface area contributed by atoms with Gasteiger partial charge in [-0.05, 0) is 54.8 Å². The summed E-state index contributed by atoms with van der Waals surface area (Å²) in [5, 5.41) is 11.7. The second-order valence-electron chi connectivity index (χ2n) is 8.01. The van der Waals surface area contributed by atoms with E-state index in [2.05, 4.69) is 15.5 Å². The van der Waals surface area contributed by atoms with E-state index in [0.29, 0.717) is 28.0 Å². The van der Waals surface area contributed by atoms with Gasteiger partial charge in [-0.25, -0.2) is 4.39 Å². The van der Waals surface area contributed by atoms with Crippen molar-refractivity contribution < 1.29 is 13.9 Å². The van der Waals surface area contributed by atoms with Crippen molar-refractivity contribution in [3.8, 4) is 17.1 Å². The fraction of sp³-hybridized carbons (Fsp3) is 0.192. The molecule has 0 bridgehead atoms. The number of aromatic nitrogens is 3. The molecule has 6 nitrogen and oxygen atoms in total. The predicted octanol–water partition coefficient (Wildman–Crippen LogP) is 5.90. The monoisotopic (exact) mass is 474 g/mol. The van der Waals surface area contributed by atoms with Gasteiger partial charge < -0.3 is 10.1 Å². The van der Waals surface area contributed by atoms with E-state index in [1.807, 2.05) is 34.9 Å². The van der Waals surface area contributed by atoms with Crippen LogP contribution in [0.3, 0.4) is 0 Å². The van der Waals surface area contributed by atoms with Crippen LogP contribution in [0.25, 0.3) is 11.4 Å². The quantitative estimate of drug-likeness (QED) is 0.322. The Balaban J connectivity index is 1.47. The van der Waals surface area contributed by atoms with E-state index in [4.69, 9.17) is 4.74 Å². The third-order valence-corrected chi connectivity index (χ3v) is 6.82. The number of nitrogens with one attached hydrogen (secondary N) is 1. The number of rotatable bonds is 8. The van der Waals surface area contributed by atoms with Gasteiger partial charge in [-0.2, -0.15) is 0 Å². The number of hydrogen-bond donors (Lipinski definition) is 1. The van der Waals surface area contributed by atoms with Crippen LogP contribution in [-0.2, 0) is 4.79 Å². The number of methoxy groups -OCH3 is 1. The van der Waals surface area contributed by atoms with E-state index in [0.717, 1.165) is 18.4 Å². The summed E-state index contributed by atoms with van der Waals surface area (Å²) in [6, 6.07) is 23.5. The molecule has 1 aromatic heterocycles. The van der Waals surface area contributed by atoms with Crippen LogP contribution in [0, 0.1) is 5.82 Å². The van der Waals surface area contributed by atoms with Gasteiger partial charge in [0, 0.05) is 11.7 Å². The molecule has 1 fully saturated rings. The maximum Gasteiger partial charge on any atom is 0.242 e. The highest BCUT2D eigenvalue weighted by atomic mass is 32.2. The largest absolute Gasteiger partial charge is 0.497 e. The number of carbonyl (C=O) groups excluding carboxylic acids is 1. The van der Waals surface area contributed by atoms with Crippen molar-refractivity contribution in [2.45, 2.75) is 29.3 Å². The number of ether oxygens (including phenoxy) is 1. The molecule has 1 atom stereocenters. The number of carbonyl (C=O) groups is 1. The zero-order valence-electron chi connectivity index (χ0n) is 18.5. The van der Waals surface area contributed by atoms with Gasteiger partial charge in [0.25, 0.3) is 0 Å². The molecule has 1 N–H and O–H groups in total. The highest BCUT2D eigenvalue weighted by Crippen LogP contribution is 2.44. The van der Waals surface area contributed by atoms with Gasteiger partial charge in [0.15, 0.2) is 11.0 Å². The number of anilines is 1. The van der Waals surface area contributed by atoms with Gasteiger partial charge in [-0.1, -0.05) is 54.2 Å². The van der Waals surface area contributed by atoms with Gasteiger partial charge in [0.1, 0.15) is 16.8 Å². The predicted molar refractivity (Wildman–Crippen MR) is 130 cm³/mol. The molecule has 8 heteroatoms. The van der Waals surface area contributed by atoms with E-state index in [9.17, 15) is 9.18 Å². The van der Waals surface area contributed by atoms with E-state index < -0.39 is 5.25 Å². The van der Waals surface area contributed by atoms with Gasteiger partial charge in [-0.3, -0.25) is 9.36 Å². The zero-order valence-corrected chi connectivity index (χ0v) is 19.3. The first-order valence-corrected chi connectivity index (χ1v) is 11.9. The Morgan fingerprint density at radius 2 is 1.74 bits per heavy atom. The van der Waals surface area contributed by atoms with Crippen molar-refractivity contribution in [1.82, 2.24) is 14.8 Å². The third-order valence-electron chi connectivity index (χ3n) is 5.61. The van der Waals surface area contributed by atoms with Crippen molar-refractivity contribution in [2.24, 2.45) is 0 Å². The molecule has 5 rings (SSSR count). The number of thioether (sulfide) groups is 1. The fourth-order valence-corrected chi connectivity index (χ4v) is 4.84. The summed E-state index contributed by atoms with van der Waals surface area (Å²) in [6.45, 7) is 0. The Kier molecular flexibility index (Phi) is 6.31. The summed E-state index contributed by atoms with van der Waals surface area (Å²) in [7, 11) is 1.60. The highest BCUT2D eigenvalue weighted by molar-refractivity contribution is 8.00. The minimum absolute atomic E-state index is 0.181. The average molecular weight is 475 g/mol. The van der Waals surface area contributed by atoms with Crippen LogP contribution in [0.5, 0.6) is 5.75 Å². The maximum atomic E-state index is 14.5. The molecular weight excluding hydrogens is 451 g/mol. The Labute approximate surface area is 201 Å². The summed E-state index contributed by atoms with van der Waals surface area (Å²) >= 11 is 1.32. The molecule has 1 aliphatic rings. The number of nitrogens with zero attached hydrogens (tertiary/aromatic N) is 3. The smallest absolute Gasteiger partial charge is 0.242 e. The molecule has 3 aromatic carbocycles. The average Bonchev–Trinajstić information content (AvgIpc) is 3.63. The van der Waals surface area contributed by atoms with Gasteiger partial charge >= 0.3 is 0 Å². The number of benzene rings is 3. The van der Waals surface area contributed by atoms with Gasteiger partial charge in [0.05, 0.1) is 12.7 Å². The number of halogens is 1. The Hall–Kier alpha value is -3.65. The van der Waals surface area contributed by atoms with Crippen LogP contribution in [0.4, 0.5) is 10.1 Å². The first-order valence-electron chi connectivity index (χ1n) is 11.0. The molecule has 34 heavy (non-hydrogen) atoms. The molecule has 1 amide bonds. The Bertz CT molecular complexity index is 1290. The van der Waals surface area contributed by atoms with Crippen LogP contribution in [0.15, 0.2) is 84.0 Å². The van der Waals surface area contributed by atoms with Crippen LogP contribution in [0.1, 0.15) is 29.7 Å². The molecule has 0 saturated heterocycles. The van der Waals surface area contributed by atoms with Crippen molar-refractivity contribution >= 4 is 23.4 Å². The van der Waals surface area contributed by atoms with Crippen LogP contribution >= 0.6 is 11.8 Å². The number of amides is 1. The SMILES string of the molecule is COc1ccc(NC(=O)C(Sc2nnc(-c3ccccc3F)n2C2CC2)c2ccccc2)cc1.